The van der Waals surface area contributed by atoms with E-state index in [2.05, 4.69) is 25.1 Å². The van der Waals surface area contributed by atoms with E-state index in [1.54, 1.807) is 12.1 Å². The first-order valence-electron chi connectivity index (χ1n) is 8.96. The zero-order valence-corrected chi connectivity index (χ0v) is 16.5. The molecule has 0 saturated carbocycles. The van der Waals surface area contributed by atoms with Gasteiger partial charge in [0.05, 0.1) is 23.5 Å². The van der Waals surface area contributed by atoms with Gasteiger partial charge < -0.3 is 16.0 Å². The molecule has 0 bridgehead atoms. The fourth-order valence-corrected chi connectivity index (χ4v) is 3.69. The van der Waals surface area contributed by atoms with Crippen molar-refractivity contribution in [3.05, 3.63) is 41.0 Å². The Morgan fingerprint density at radius 2 is 2.04 bits per heavy atom. The van der Waals surface area contributed by atoms with Gasteiger partial charge in [0.15, 0.2) is 0 Å². The number of para-hydroxylation sites is 1. The third-order valence-corrected chi connectivity index (χ3v) is 5.00. The van der Waals surface area contributed by atoms with Crippen LogP contribution < -0.4 is 16.0 Å². The summed E-state index contributed by atoms with van der Waals surface area (Å²) in [5, 5.41) is 12.4. The van der Waals surface area contributed by atoms with E-state index in [1.807, 2.05) is 32.0 Å². The van der Waals surface area contributed by atoms with Gasteiger partial charge in [-0.1, -0.05) is 23.7 Å². The van der Waals surface area contributed by atoms with E-state index < -0.39 is 0 Å². The molecule has 0 aliphatic carbocycles. The summed E-state index contributed by atoms with van der Waals surface area (Å²) in [5.74, 6) is 0.560. The Bertz CT molecular complexity index is 901. The average molecular weight is 400 g/mol. The largest absolute Gasteiger partial charge is 0.382 e. The minimum atomic E-state index is -0.111. The summed E-state index contributed by atoms with van der Waals surface area (Å²) in [6.45, 7) is 5.70. The zero-order chi connectivity index (χ0) is 20.3. The molecule has 3 rings (SSSR count). The number of nitriles is 1. The average Bonchev–Trinajstić information content (AvgIpc) is 2.63. The molecule has 1 aromatic heterocycles. The van der Waals surface area contributed by atoms with Crippen molar-refractivity contribution in [3.63, 3.8) is 0 Å². The minimum Gasteiger partial charge on any atom is -0.382 e. The molecular weight excluding hydrogens is 378 g/mol. The smallest absolute Gasteiger partial charge is 0.238 e. The summed E-state index contributed by atoms with van der Waals surface area (Å²) < 4.78 is 0. The predicted octanol–water partition coefficient (Wildman–Crippen LogP) is 2.12. The number of hydrogen-bond acceptors (Lipinski definition) is 7. The van der Waals surface area contributed by atoms with Gasteiger partial charge in [0.2, 0.25) is 11.9 Å². The predicted molar refractivity (Wildman–Crippen MR) is 109 cm³/mol. The summed E-state index contributed by atoms with van der Waals surface area (Å²) in [5.41, 5.74) is 6.70. The zero-order valence-electron chi connectivity index (χ0n) is 15.8. The summed E-state index contributed by atoms with van der Waals surface area (Å²) in [7, 11) is 0. The van der Waals surface area contributed by atoms with Crippen molar-refractivity contribution in [1.29, 1.82) is 5.26 Å². The molecule has 0 radical (unpaired) electrons. The third kappa shape index (κ3) is 4.32. The lowest BCUT2D eigenvalue weighted by Crippen LogP contribution is -2.58. The van der Waals surface area contributed by atoms with Crippen LogP contribution in [-0.4, -0.2) is 52.5 Å². The molecule has 1 aliphatic rings. The Hall–Kier alpha value is -2.89. The van der Waals surface area contributed by atoms with Crippen molar-refractivity contribution in [3.8, 4) is 6.07 Å². The molecule has 146 valence electrons. The number of nitrogen functional groups attached to an aromatic ring is 1. The van der Waals surface area contributed by atoms with Crippen LogP contribution in [0.3, 0.4) is 0 Å². The summed E-state index contributed by atoms with van der Waals surface area (Å²) >= 11 is 6.10. The number of nitrogens with one attached hydrogen (secondary N) is 1. The van der Waals surface area contributed by atoms with Crippen molar-refractivity contribution in [1.82, 2.24) is 14.9 Å². The number of benzene rings is 1. The van der Waals surface area contributed by atoms with Gasteiger partial charge in [-0.2, -0.15) is 10.2 Å². The second-order valence-electron chi connectivity index (χ2n) is 6.91. The number of carbonyl (C=O) groups excluding carboxylic acids is 1. The van der Waals surface area contributed by atoms with Crippen LogP contribution in [0.1, 0.15) is 19.4 Å². The highest BCUT2D eigenvalue weighted by atomic mass is 35.5. The van der Waals surface area contributed by atoms with Crippen LogP contribution in [0.2, 0.25) is 5.02 Å². The number of amides is 1. The molecule has 0 spiro atoms. The van der Waals surface area contributed by atoms with E-state index in [9.17, 15) is 4.79 Å². The molecule has 8 nitrogen and oxygen atoms in total. The number of carbonyl (C=O) groups is 1. The minimum absolute atomic E-state index is 0.0733. The van der Waals surface area contributed by atoms with Crippen molar-refractivity contribution < 1.29 is 4.79 Å². The Kier molecular flexibility index (Phi) is 5.97. The van der Waals surface area contributed by atoms with Gasteiger partial charge in [-0.25, -0.2) is 4.98 Å². The number of piperazine rings is 1. The highest BCUT2D eigenvalue weighted by Crippen LogP contribution is 2.23. The number of aromatic nitrogens is 2. The Balaban J connectivity index is 1.64. The standard InChI is InChI=1S/C19H22ClN7O/c1-12-9-26(11-17(28)24-16-6-4-3-5-15(16)20)10-13(2)27(12)19-23-8-14(7-21)18(22)25-19/h3-6,8,12-13H,9-11H2,1-2H3,(H,24,28)(H2,22,23,25). The van der Waals surface area contributed by atoms with E-state index in [0.717, 1.165) is 0 Å². The molecule has 1 aromatic carbocycles. The van der Waals surface area contributed by atoms with Gasteiger partial charge in [0, 0.05) is 25.2 Å². The molecular formula is C19H22ClN7O. The quantitative estimate of drug-likeness (QED) is 0.809. The van der Waals surface area contributed by atoms with Crippen LogP contribution in [0.4, 0.5) is 17.5 Å². The first-order valence-corrected chi connectivity index (χ1v) is 9.34. The molecule has 1 amide bonds. The molecule has 28 heavy (non-hydrogen) atoms. The van der Waals surface area contributed by atoms with E-state index in [-0.39, 0.29) is 35.9 Å². The van der Waals surface area contributed by atoms with E-state index in [0.29, 0.717) is 29.7 Å². The second-order valence-corrected chi connectivity index (χ2v) is 7.32. The molecule has 9 heteroatoms. The summed E-state index contributed by atoms with van der Waals surface area (Å²) in [4.78, 5) is 25.1. The molecule has 2 atom stereocenters. The Morgan fingerprint density at radius 3 is 2.64 bits per heavy atom. The van der Waals surface area contributed by atoms with Gasteiger partial charge in [0.1, 0.15) is 17.5 Å². The third-order valence-electron chi connectivity index (χ3n) is 4.67. The van der Waals surface area contributed by atoms with Gasteiger partial charge >= 0.3 is 0 Å². The van der Waals surface area contributed by atoms with Crippen LogP contribution in [0, 0.1) is 11.3 Å². The highest BCUT2D eigenvalue weighted by Gasteiger charge is 2.32. The molecule has 2 unspecified atom stereocenters. The molecule has 1 aliphatic heterocycles. The fraction of sp³-hybridized carbons (Fsp3) is 0.368. The van der Waals surface area contributed by atoms with Crippen molar-refractivity contribution in [2.45, 2.75) is 25.9 Å². The Morgan fingerprint density at radius 1 is 1.36 bits per heavy atom. The lowest BCUT2D eigenvalue weighted by molar-refractivity contribution is -0.117. The van der Waals surface area contributed by atoms with Crippen LogP contribution in [-0.2, 0) is 4.79 Å². The lowest BCUT2D eigenvalue weighted by Gasteiger charge is -2.44. The van der Waals surface area contributed by atoms with Crippen molar-refractivity contribution in [2.75, 3.05) is 35.6 Å². The summed E-state index contributed by atoms with van der Waals surface area (Å²) in [6.07, 6.45) is 1.44. The molecule has 2 heterocycles. The maximum absolute atomic E-state index is 12.4. The second kappa shape index (κ2) is 8.42. The first-order chi connectivity index (χ1) is 13.4. The van der Waals surface area contributed by atoms with Crippen LogP contribution in [0.5, 0.6) is 0 Å². The fourth-order valence-electron chi connectivity index (χ4n) is 3.51. The van der Waals surface area contributed by atoms with Gasteiger partial charge in [-0.15, -0.1) is 0 Å². The normalized spacial score (nSPS) is 19.9. The topological polar surface area (TPSA) is 111 Å². The monoisotopic (exact) mass is 399 g/mol. The van der Waals surface area contributed by atoms with Crippen LogP contribution in [0.25, 0.3) is 0 Å². The van der Waals surface area contributed by atoms with Gasteiger partial charge in [-0.05, 0) is 26.0 Å². The lowest BCUT2D eigenvalue weighted by atomic mass is 10.1. The number of rotatable bonds is 4. The van der Waals surface area contributed by atoms with Crippen molar-refractivity contribution >= 4 is 35.0 Å². The maximum atomic E-state index is 12.4. The number of halogens is 1. The van der Waals surface area contributed by atoms with E-state index in [1.165, 1.54) is 6.20 Å². The van der Waals surface area contributed by atoms with Gasteiger partial charge in [-0.3, -0.25) is 9.69 Å². The van der Waals surface area contributed by atoms with Crippen LogP contribution in [0.15, 0.2) is 30.5 Å². The number of nitrogens with two attached hydrogens (primary N) is 1. The Labute approximate surface area is 168 Å². The molecule has 3 N–H and O–H groups in total. The highest BCUT2D eigenvalue weighted by molar-refractivity contribution is 6.33. The van der Waals surface area contributed by atoms with Gasteiger partial charge in [0.25, 0.3) is 0 Å². The van der Waals surface area contributed by atoms with E-state index >= 15 is 0 Å². The molecule has 2 aromatic rings. The molecule has 1 fully saturated rings. The van der Waals surface area contributed by atoms with Crippen molar-refractivity contribution in [2.24, 2.45) is 0 Å². The summed E-state index contributed by atoms with van der Waals surface area (Å²) in [6, 6.07) is 9.27. The first kappa shape index (κ1) is 19.9. The maximum Gasteiger partial charge on any atom is 0.238 e. The SMILES string of the molecule is CC1CN(CC(=O)Nc2ccccc2Cl)CC(C)N1c1ncc(C#N)c(N)n1. The number of nitrogens with zero attached hydrogens (tertiary/aromatic N) is 5. The number of hydrogen-bond donors (Lipinski definition) is 2. The molecule has 1 saturated heterocycles. The van der Waals surface area contributed by atoms with E-state index in [4.69, 9.17) is 22.6 Å². The van der Waals surface area contributed by atoms with Crippen LogP contribution >= 0.6 is 11.6 Å². The number of anilines is 3.